The zero-order valence-corrected chi connectivity index (χ0v) is 10.9. The lowest BCUT2D eigenvalue weighted by molar-refractivity contribution is 0.0887. The first kappa shape index (κ1) is 13.1. The number of hydrogen-bond donors (Lipinski definition) is 1. The molecular formula is C15H20FNO. The largest absolute Gasteiger partial charge is 0.349 e. The van der Waals surface area contributed by atoms with Crippen molar-refractivity contribution >= 4 is 5.91 Å². The number of hydrogen-bond acceptors (Lipinski definition) is 1. The molecule has 3 heteroatoms. The second-order valence-electron chi connectivity index (χ2n) is 5.33. The van der Waals surface area contributed by atoms with Gasteiger partial charge in [-0.1, -0.05) is 38.8 Å². The van der Waals surface area contributed by atoms with Gasteiger partial charge in [0.05, 0.1) is 5.56 Å². The van der Waals surface area contributed by atoms with E-state index in [1.165, 1.54) is 18.6 Å². The molecule has 0 saturated heterocycles. The predicted molar refractivity (Wildman–Crippen MR) is 69.8 cm³/mol. The molecule has 1 aromatic rings. The maximum absolute atomic E-state index is 13.5. The van der Waals surface area contributed by atoms with Crippen LogP contribution >= 0.6 is 0 Å². The highest BCUT2D eigenvalue weighted by Gasteiger charge is 2.28. The van der Waals surface area contributed by atoms with E-state index in [2.05, 4.69) is 19.2 Å². The summed E-state index contributed by atoms with van der Waals surface area (Å²) in [6.45, 7) is 4.38. The summed E-state index contributed by atoms with van der Waals surface area (Å²) < 4.78 is 13.5. The lowest BCUT2D eigenvalue weighted by atomic mass is 9.78. The van der Waals surface area contributed by atoms with Gasteiger partial charge in [0, 0.05) is 6.04 Å². The fraction of sp³-hybridized carbons (Fsp3) is 0.533. The van der Waals surface area contributed by atoms with Gasteiger partial charge >= 0.3 is 0 Å². The molecule has 1 saturated carbocycles. The van der Waals surface area contributed by atoms with E-state index in [0.717, 1.165) is 12.8 Å². The molecule has 1 amide bonds. The van der Waals surface area contributed by atoms with Crippen LogP contribution in [0.1, 0.15) is 43.5 Å². The minimum Gasteiger partial charge on any atom is -0.349 e. The number of halogens is 1. The van der Waals surface area contributed by atoms with E-state index < -0.39 is 5.82 Å². The Bertz CT molecular complexity index is 432. The molecule has 2 nitrogen and oxygen atoms in total. The van der Waals surface area contributed by atoms with Gasteiger partial charge in [-0.15, -0.1) is 0 Å². The summed E-state index contributed by atoms with van der Waals surface area (Å²) in [6.07, 6.45) is 3.34. The maximum atomic E-state index is 13.5. The van der Waals surface area contributed by atoms with E-state index in [-0.39, 0.29) is 17.5 Å². The van der Waals surface area contributed by atoms with Crippen molar-refractivity contribution in [2.24, 2.45) is 11.8 Å². The van der Waals surface area contributed by atoms with E-state index >= 15 is 0 Å². The third-order valence-corrected chi connectivity index (χ3v) is 4.14. The van der Waals surface area contributed by atoms with E-state index in [0.29, 0.717) is 11.8 Å². The number of carbonyl (C=O) groups excluding carboxylic acids is 1. The highest BCUT2D eigenvalue weighted by Crippen LogP contribution is 2.29. The standard InChI is InChI=1S/C15H20FNO/c1-10-6-5-9-14(11(10)2)17-15(18)12-7-3-4-8-13(12)16/h3-4,7-8,10-11,14H,5-6,9H2,1-2H3,(H,17,18)/t10-,11+,14+/m0/s1. The molecular weight excluding hydrogens is 229 g/mol. The number of nitrogens with one attached hydrogen (secondary N) is 1. The Labute approximate surface area is 108 Å². The van der Waals surface area contributed by atoms with Crippen LogP contribution in [0.5, 0.6) is 0 Å². The summed E-state index contributed by atoms with van der Waals surface area (Å²) in [7, 11) is 0. The Kier molecular flexibility index (Phi) is 4.00. The van der Waals surface area contributed by atoms with Gasteiger partial charge in [0.15, 0.2) is 0 Å². The molecule has 1 aliphatic rings. The first-order chi connectivity index (χ1) is 8.59. The van der Waals surface area contributed by atoms with Gasteiger partial charge in [-0.2, -0.15) is 0 Å². The Hall–Kier alpha value is -1.38. The monoisotopic (exact) mass is 249 g/mol. The second-order valence-corrected chi connectivity index (χ2v) is 5.33. The molecule has 3 atom stereocenters. The average molecular weight is 249 g/mol. The van der Waals surface area contributed by atoms with Gasteiger partial charge < -0.3 is 5.32 Å². The predicted octanol–water partition coefficient (Wildman–Crippen LogP) is 3.38. The topological polar surface area (TPSA) is 29.1 Å². The quantitative estimate of drug-likeness (QED) is 0.855. The zero-order valence-electron chi connectivity index (χ0n) is 10.9. The van der Waals surface area contributed by atoms with Crippen LogP contribution in [0.3, 0.4) is 0 Å². The smallest absolute Gasteiger partial charge is 0.254 e. The van der Waals surface area contributed by atoms with Crippen molar-refractivity contribution in [2.75, 3.05) is 0 Å². The van der Waals surface area contributed by atoms with Crippen molar-refractivity contribution in [3.05, 3.63) is 35.6 Å². The van der Waals surface area contributed by atoms with E-state index in [9.17, 15) is 9.18 Å². The van der Waals surface area contributed by atoms with E-state index in [1.54, 1.807) is 12.1 Å². The summed E-state index contributed by atoms with van der Waals surface area (Å²) in [5.74, 6) is 0.324. The van der Waals surface area contributed by atoms with Crippen LogP contribution in [0.15, 0.2) is 24.3 Å². The third-order valence-electron chi connectivity index (χ3n) is 4.14. The van der Waals surface area contributed by atoms with Crippen molar-refractivity contribution in [1.82, 2.24) is 5.32 Å². The summed E-state index contributed by atoms with van der Waals surface area (Å²) in [5, 5.41) is 2.98. The van der Waals surface area contributed by atoms with Crippen LogP contribution in [0.2, 0.25) is 0 Å². The second kappa shape index (κ2) is 5.51. The molecule has 98 valence electrons. The first-order valence-electron chi connectivity index (χ1n) is 6.65. The number of benzene rings is 1. The molecule has 0 bridgehead atoms. The zero-order chi connectivity index (χ0) is 13.1. The van der Waals surface area contributed by atoms with Crippen LogP contribution in [-0.4, -0.2) is 11.9 Å². The van der Waals surface area contributed by atoms with Gasteiger partial charge in [-0.25, -0.2) is 4.39 Å². The molecule has 0 heterocycles. The number of rotatable bonds is 2. The van der Waals surface area contributed by atoms with Crippen LogP contribution in [0, 0.1) is 17.7 Å². The lowest BCUT2D eigenvalue weighted by Crippen LogP contribution is -2.43. The third kappa shape index (κ3) is 2.71. The fourth-order valence-corrected chi connectivity index (χ4v) is 2.68. The molecule has 1 aliphatic carbocycles. The minimum absolute atomic E-state index is 0.142. The highest BCUT2D eigenvalue weighted by molar-refractivity contribution is 5.94. The molecule has 1 aromatic carbocycles. The van der Waals surface area contributed by atoms with E-state index in [4.69, 9.17) is 0 Å². The van der Waals surface area contributed by atoms with Crippen LogP contribution in [0.25, 0.3) is 0 Å². The van der Waals surface area contributed by atoms with Gasteiger partial charge in [-0.3, -0.25) is 4.79 Å². The summed E-state index contributed by atoms with van der Waals surface area (Å²) in [4.78, 5) is 12.0. The van der Waals surface area contributed by atoms with Gasteiger partial charge in [0.2, 0.25) is 0 Å². The Morgan fingerprint density at radius 1 is 1.28 bits per heavy atom. The molecule has 0 unspecified atom stereocenters. The van der Waals surface area contributed by atoms with Crippen molar-refractivity contribution in [2.45, 2.75) is 39.2 Å². The fourth-order valence-electron chi connectivity index (χ4n) is 2.68. The molecule has 18 heavy (non-hydrogen) atoms. The van der Waals surface area contributed by atoms with E-state index in [1.807, 2.05) is 0 Å². The Balaban J connectivity index is 2.05. The SMILES string of the molecule is C[C@@H]1[C@@H](C)CCC[C@H]1NC(=O)c1ccccc1F. The molecule has 0 spiro atoms. The normalized spacial score (nSPS) is 27.8. The molecule has 0 aromatic heterocycles. The molecule has 1 N–H and O–H groups in total. The van der Waals surface area contributed by atoms with Crippen LogP contribution in [0.4, 0.5) is 4.39 Å². The van der Waals surface area contributed by atoms with Gasteiger partial charge in [0.1, 0.15) is 5.82 Å². The van der Waals surface area contributed by atoms with Crippen molar-refractivity contribution < 1.29 is 9.18 Å². The van der Waals surface area contributed by atoms with Crippen LogP contribution < -0.4 is 5.32 Å². The Morgan fingerprint density at radius 2 is 2.00 bits per heavy atom. The molecule has 0 radical (unpaired) electrons. The molecule has 0 aliphatic heterocycles. The molecule has 1 fully saturated rings. The van der Waals surface area contributed by atoms with Crippen molar-refractivity contribution in [3.63, 3.8) is 0 Å². The number of carbonyl (C=O) groups is 1. The Morgan fingerprint density at radius 3 is 2.72 bits per heavy atom. The van der Waals surface area contributed by atoms with Crippen LogP contribution in [-0.2, 0) is 0 Å². The van der Waals surface area contributed by atoms with Gasteiger partial charge in [-0.05, 0) is 30.4 Å². The average Bonchev–Trinajstić information content (AvgIpc) is 2.35. The maximum Gasteiger partial charge on any atom is 0.254 e. The minimum atomic E-state index is -0.452. The molecule has 2 rings (SSSR count). The lowest BCUT2D eigenvalue weighted by Gasteiger charge is -2.34. The van der Waals surface area contributed by atoms with Crippen molar-refractivity contribution in [1.29, 1.82) is 0 Å². The first-order valence-corrected chi connectivity index (χ1v) is 6.65. The van der Waals surface area contributed by atoms with Crippen molar-refractivity contribution in [3.8, 4) is 0 Å². The highest BCUT2D eigenvalue weighted by atomic mass is 19.1. The summed E-state index contributed by atoms with van der Waals surface area (Å²) in [6, 6.07) is 6.30. The summed E-state index contributed by atoms with van der Waals surface area (Å²) >= 11 is 0. The summed E-state index contributed by atoms with van der Waals surface area (Å²) in [5.41, 5.74) is 0.142. The van der Waals surface area contributed by atoms with Gasteiger partial charge in [0.25, 0.3) is 5.91 Å². The number of amides is 1.